The molecule has 2 fully saturated rings. The number of benzene rings is 1. The second kappa shape index (κ2) is 5.45. The minimum atomic E-state index is 0.305. The standard InChI is InChI=1S/C18H24N2O/c21-18(12-19-11-13-5-6-13)20(15-8-9-15)17-10-7-14-3-1-2-4-16(14)17/h1-4,13,15,17,19H,5-12H2. The zero-order chi connectivity index (χ0) is 14.2. The number of carbonyl (C=O) groups is 1. The van der Waals surface area contributed by atoms with Crippen LogP contribution in [0.1, 0.15) is 49.3 Å². The van der Waals surface area contributed by atoms with Crippen LogP contribution >= 0.6 is 0 Å². The second-order valence-corrected chi connectivity index (χ2v) is 6.86. The van der Waals surface area contributed by atoms with Crippen molar-refractivity contribution < 1.29 is 4.79 Å². The number of amides is 1. The van der Waals surface area contributed by atoms with Gasteiger partial charge >= 0.3 is 0 Å². The van der Waals surface area contributed by atoms with Crippen molar-refractivity contribution in [3.05, 3.63) is 35.4 Å². The molecule has 3 heteroatoms. The molecule has 0 aliphatic heterocycles. The van der Waals surface area contributed by atoms with Crippen LogP contribution in [0.3, 0.4) is 0 Å². The normalized spacial score (nSPS) is 23.9. The van der Waals surface area contributed by atoms with Crippen molar-refractivity contribution in [2.24, 2.45) is 5.92 Å². The highest BCUT2D eigenvalue weighted by molar-refractivity contribution is 5.79. The van der Waals surface area contributed by atoms with E-state index in [-0.39, 0.29) is 0 Å². The Hall–Kier alpha value is -1.35. The molecular formula is C18H24N2O. The molecule has 4 rings (SSSR count). The molecule has 0 saturated heterocycles. The average Bonchev–Trinajstić information content (AvgIpc) is 3.40. The van der Waals surface area contributed by atoms with E-state index in [2.05, 4.69) is 34.5 Å². The SMILES string of the molecule is O=C(CNCC1CC1)N(C1CC1)C1CCc2ccccc21. The highest BCUT2D eigenvalue weighted by Gasteiger charge is 2.40. The van der Waals surface area contributed by atoms with Crippen molar-refractivity contribution in [3.8, 4) is 0 Å². The number of nitrogens with zero attached hydrogens (tertiary/aromatic N) is 1. The first-order chi connectivity index (χ1) is 10.3. The maximum atomic E-state index is 12.7. The molecule has 3 nitrogen and oxygen atoms in total. The van der Waals surface area contributed by atoms with E-state index < -0.39 is 0 Å². The predicted octanol–water partition coefficient (Wildman–Crippen LogP) is 2.66. The van der Waals surface area contributed by atoms with Gasteiger partial charge in [0.15, 0.2) is 0 Å². The van der Waals surface area contributed by atoms with E-state index in [0.717, 1.165) is 25.3 Å². The summed E-state index contributed by atoms with van der Waals surface area (Å²) in [5.74, 6) is 1.14. The third kappa shape index (κ3) is 2.84. The summed E-state index contributed by atoms with van der Waals surface area (Å²) in [4.78, 5) is 14.9. The molecule has 1 unspecified atom stereocenters. The Morgan fingerprint density at radius 2 is 1.95 bits per heavy atom. The summed E-state index contributed by atoms with van der Waals surface area (Å²) < 4.78 is 0. The smallest absolute Gasteiger partial charge is 0.237 e. The van der Waals surface area contributed by atoms with Gasteiger partial charge in [0.25, 0.3) is 0 Å². The summed E-state index contributed by atoms with van der Waals surface area (Å²) >= 11 is 0. The van der Waals surface area contributed by atoms with Crippen molar-refractivity contribution in [2.45, 2.75) is 50.6 Å². The largest absolute Gasteiger partial charge is 0.332 e. The summed E-state index contributed by atoms with van der Waals surface area (Å²) in [6.07, 6.45) is 7.27. The van der Waals surface area contributed by atoms with E-state index in [9.17, 15) is 4.79 Å². The van der Waals surface area contributed by atoms with Crippen LogP contribution in [0.4, 0.5) is 0 Å². The molecule has 0 aromatic heterocycles. The minimum Gasteiger partial charge on any atom is -0.332 e. The molecule has 1 atom stereocenters. The van der Waals surface area contributed by atoms with Crippen molar-refractivity contribution in [1.29, 1.82) is 0 Å². The van der Waals surface area contributed by atoms with Gasteiger partial charge in [0.05, 0.1) is 12.6 Å². The van der Waals surface area contributed by atoms with E-state index in [1.54, 1.807) is 0 Å². The summed E-state index contributed by atoms with van der Waals surface area (Å²) in [6, 6.07) is 9.48. The van der Waals surface area contributed by atoms with Gasteiger partial charge in [0.2, 0.25) is 5.91 Å². The number of carbonyl (C=O) groups excluding carboxylic acids is 1. The van der Waals surface area contributed by atoms with E-state index in [4.69, 9.17) is 0 Å². The van der Waals surface area contributed by atoms with Gasteiger partial charge < -0.3 is 10.2 Å². The maximum absolute atomic E-state index is 12.7. The zero-order valence-electron chi connectivity index (χ0n) is 12.6. The van der Waals surface area contributed by atoms with Crippen LogP contribution in [0.2, 0.25) is 0 Å². The number of aryl methyl sites for hydroxylation is 1. The summed E-state index contributed by atoms with van der Waals surface area (Å²) in [5, 5.41) is 3.37. The lowest BCUT2D eigenvalue weighted by atomic mass is 10.1. The van der Waals surface area contributed by atoms with Gasteiger partial charge in [-0.1, -0.05) is 24.3 Å². The lowest BCUT2D eigenvalue weighted by molar-refractivity contribution is -0.133. The molecule has 3 aliphatic carbocycles. The van der Waals surface area contributed by atoms with Crippen molar-refractivity contribution in [2.75, 3.05) is 13.1 Å². The Kier molecular flexibility index (Phi) is 3.46. The van der Waals surface area contributed by atoms with Gasteiger partial charge in [-0.2, -0.15) is 0 Å². The number of rotatable bonds is 6. The molecular weight excluding hydrogens is 260 g/mol. The Morgan fingerprint density at radius 3 is 2.71 bits per heavy atom. The lowest BCUT2D eigenvalue weighted by Gasteiger charge is -2.30. The first-order valence-corrected chi connectivity index (χ1v) is 8.42. The minimum absolute atomic E-state index is 0.305. The van der Waals surface area contributed by atoms with E-state index in [0.29, 0.717) is 24.5 Å². The molecule has 1 amide bonds. The Labute approximate surface area is 126 Å². The van der Waals surface area contributed by atoms with Gasteiger partial charge in [0, 0.05) is 6.04 Å². The van der Waals surface area contributed by atoms with Gasteiger partial charge in [0.1, 0.15) is 0 Å². The van der Waals surface area contributed by atoms with Crippen LogP contribution in [-0.2, 0) is 11.2 Å². The van der Waals surface area contributed by atoms with Crippen LogP contribution in [0, 0.1) is 5.92 Å². The topological polar surface area (TPSA) is 32.3 Å². The molecule has 1 aromatic rings. The summed E-state index contributed by atoms with van der Waals surface area (Å²) in [6.45, 7) is 1.54. The van der Waals surface area contributed by atoms with Crippen LogP contribution < -0.4 is 5.32 Å². The highest BCUT2D eigenvalue weighted by atomic mass is 16.2. The monoisotopic (exact) mass is 284 g/mol. The number of fused-ring (bicyclic) bond motifs is 1. The van der Waals surface area contributed by atoms with Gasteiger partial charge in [-0.05, 0) is 62.1 Å². The van der Waals surface area contributed by atoms with Crippen molar-refractivity contribution in [1.82, 2.24) is 10.2 Å². The summed E-state index contributed by atoms with van der Waals surface area (Å²) in [5.41, 5.74) is 2.83. The fourth-order valence-corrected chi connectivity index (χ4v) is 3.60. The molecule has 1 N–H and O–H groups in total. The highest BCUT2D eigenvalue weighted by Crippen LogP contribution is 2.41. The van der Waals surface area contributed by atoms with Crippen LogP contribution in [0.15, 0.2) is 24.3 Å². The Balaban J connectivity index is 1.45. The Morgan fingerprint density at radius 1 is 1.14 bits per heavy atom. The van der Waals surface area contributed by atoms with E-state index >= 15 is 0 Å². The van der Waals surface area contributed by atoms with E-state index in [1.165, 1.54) is 36.8 Å². The lowest BCUT2D eigenvalue weighted by Crippen LogP contribution is -2.41. The van der Waals surface area contributed by atoms with Crippen molar-refractivity contribution >= 4 is 5.91 Å². The van der Waals surface area contributed by atoms with E-state index in [1.807, 2.05) is 0 Å². The molecule has 0 radical (unpaired) electrons. The third-order valence-electron chi connectivity index (χ3n) is 5.07. The van der Waals surface area contributed by atoms with Gasteiger partial charge in [-0.3, -0.25) is 4.79 Å². The Bertz CT molecular complexity index is 534. The fraction of sp³-hybridized carbons (Fsp3) is 0.611. The molecule has 0 heterocycles. The van der Waals surface area contributed by atoms with Crippen LogP contribution in [0.25, 0.3) is 0 Å². The molecule has 1 aromatic carbocycles. The van der Waals surface area contributed by atoms with Crippen LogP contribution in [0.5, 0.6) is 0 Å². The quantitative estimate of drug-likeness (QED) is 0.871. The van der Waals surface area contributed by atoms with Crippen LogP contribution in [-0.4, -0.2) is 29.9 Å². The van der Waals surface area contributed by atoms with Gasteiger partial charge in [-0.15, -0.1) is 0 Å². The molecule has 2 saturated carbocycles. The zero-order valence-corrected chi connectivity index (χ0v) is 12.6. The first kappa shape index (κ1) is 13.3. The summed E-state index contributed by atoms with van der Waals surface area (Å²) in [7, 11) is 0. The molecule has 0 spiro atoms. The van der Waals surface area contributed by atoms with Crippen molar-refractivity contribution in [3.63, 3.8) is 0 Å². The number of nitrogens with one attached hydrogen (secondary N) is 1. The number of hydrogen-bond acceptors (Lipinski definition) is 2. The molecule has 0 bridgehead atoms. The molecule has 112 valence electrons. The molecule has 21 heavy (non-hydrogen) atoms. The van der Waals surface area contributed by atoms with Gasteiger partial charge in [-0.25, -0.2) is 0 Å². The fourth-order valence-electron chi connectivity index (χ4n) is 3.60. The number of hydrogen-bond donors (Lipinski definition) is 1. The maximum Gasteiger partial charge on any atom is 0.237 e. The molecule has 3 aliphatic rings. The average molecular weight is 284 g/mol. The second-order valence-electron chi connectivity index (χ2n) is 6.86. The predicted molar refractivity (Wildman–Crippen MR) is 83.0 cm³/mol. The first-order valence-electron chi connectivity index (χ1n) is 8.42. The third-order valence-corrected chi connectivity index (χ3v) is 5.07.